The molecule has 0 saturated carbocycles. The van der Waals surface area contributed by atoms with E-state index in [2.05, 4.69) is 26.9 Å². The van der Waals surface area contributed by atoms with Gasteiger partial charge in [0.25, 0.3) is 0 Å². The zero-order valence-corrected chi connectivity index (χ0v) is 7.62. The second kappa shape index (κ2) is 3.51. The van der Waals surface area contributed by atoms with E-state index in [0.29, 0.717) is 5.65 Å². The molecule has 0 bridgehead atoms. The smallest absolute Gasteiger partial charge is 0.197 e. The third kappa shape index (κ3) is 1.66. The predicted octanol–water partition coefficient (Wildman–Crippen LogP) is 1.70. The number of H-pyrrole nitrogens is 1. The van der Waals surface area contributed by atoms with Crippen LogP contribution in [0, 0.1) is 0 Å². The van der Waals surface area contributed by atoms with Gasteiger partial charge in [-0.05, 0) is 6.42 Å². The minimum atomic E-state index is 0.716. The minimum Gasteiger partial charge on any atom is -0.325 e. The number of nitrogens with one attached hydrogen (secondary N) is 1. The maximum Gasteiger partial charge on any atom is 0.197 e. The zero-order valence-electron chi connectivity index (χ0n) is 7.62. The van der Waals surface area contributed by atoms with Crippen molar-refractivity contribution in [3.8, 4) is 0 Å². The van der Waals surface area contributed by atoms with Crippen molar-refractivity contribution in [1.82, 2.24) is 19.9 Å². The highest BCUT2D eigenvalue weighted by Crippen LogP contribution is 2.06. The second-order valence-electron chi connectivity index (χ2n) is 3.02. The van der Waals surface area contributed by atoms with Gasteiger partial charge >= 0.3 is 0 Å². The van der Waals surface area contributed by atoms with Crippen molar-refractivity contribution in [2.45, 2.75) is 26.2 Å². The maximum atomic E-state index is 4.32. The van der Waals surface area contributed by atoms with E-state index in [1.54, 1.807) is 12.4 Å². The number of rotatable bonds is 3. The van der Waals surface area contributed by atoms with Crippen LogP contribution < -0.4 is 0 Å². The van der Waals surface area contributed by atoms with E-state index in [1.165, 1.54) is 6.42 Å². The molecule has 0 spiro atoms. The summed E-state index contributed by atoms with van der Waals surface area (Å²) < 4.78 is 0. The van der Waals surface area contributed by atoms with Crippen LogP contribution in [0.3, 0.4) is 0 Å². The Morgan fingerprint density at radius 2 is 2.15 bits per heavy atom. The molecule has 2 rings (SSSR count). The van der Waals surface area contributed by atoms with Crippen molar-refractivity contribution < 1.29 is 0 Å². The molecule has 0 fully saturated rings. The van der Waals surface area contributed by atoms with Crippen LogP contribution in [-0.4, -0.2) is 19.9 Å². The lowest BCUT2D eigenvalue weighted by Gasteiger charge is -1.90. The molecule has 0 aliphatic heterocycles. The normalized spacial score (nSPS) is 10.8. The molecule has 0 radical (unpaired) electrons. The van der Waals surface area contributed by atoms with Gasteiger partial charge in [0, 0.05) is 18.8 Å². The van der Waals surface area contributed by atoms with Crippen molar-refractivity contribution in [3.05, 3.63) is 18.2 Å². The molecule has 0 aliphatic rings. The first kappa shape index (κ1) is 8.16. The summed E-state index contributed by atoms with van der Waals surface area (Å²) in [4.78, 5) is 15.7. The summed E-state index contributed by atoms with van der Waals surface area (Å²) in [5, 5.41) is 0. The Bertz CT molecular complexity index is 360. The molecule has 13 heavy (non-hydrogen) atoms. The number of aromatic amines is 1. The van der Waals surface area contributed by atoms with E-state index in [4.69, 9.17) is 0 Å². The highest BCUT2D eigenvalue weighted by atomic mass is 15.0. The number of nitrogens with zero attached hydrogens (tertiary/aromatic N) is 3. The molecular weight excluding hydrogens is 164 g/mol. The molecule has 0 saturated heterocycles. The molecule has 2 aromatic rings. The number of fused-ring (bicyclic) bond motifs is 1. The fourth-order valence-corrected chi connectivity index (χ4v) is 1.26. The molecule has 0 aromatic carbocycles. The van der Waals surface area contributed by atoms with E-state index in [-0.39, 0.29) is 0 Å². The van der Waals surface area contributed by atoms with Crippen LogP contribution in [0.2, 0.25) is 0 Å². The van der Waals surface area contributed by atoms with Crippen LogP contribution in [0.25, 0.3) is 11.3 Å². The highest BCUT2D eigenvalue weighted by molar-refractivity contribution is 5.64. The largest absolute Gasteiger partial charge is 0.325 e. The lowest BCUT2D eigenvalue weighted by atomic mass is 10.2. The quantitative estimate of drug-likeness (QED) is 0.774. The average Bonchev–Trinajstić information content (AvgIpc) is 2.57. The molecule has 1 N–H and O–H groups in total. The molecule has 4 nitrogen and oxygen atoms in total. The molecule has 68 valence electrons. The number of hydrogen-bond acceptors (Lipinski definition) is 3. The van der Waals surface area contributed by atoms with Crippen molar-refractivity contribution in [1.29, 1.82) is 0 Å². The van der Waals surface area contributed by atoms with Gasteiger partial charge in [-0.25, -0.2) is 15.0 Å². The van der Waals surface area contributed by atoms with Gasteiger partial charge in [0.15, 0.2) is 11.3 Å². The molecule has 0 unspecified atom stereocenters. The number of hydrogen-bond donors (Lipinski definition) is 1. The van der Waals surface area contributed by atoms with Gasteiger partial charge in [0.05, 0.1) is 0 Å². The summed E-state index contributed by atoms with van der Waals surface area (Å²) in [5.74, 6) is 0.989. The number of imidazole rings is 1. The Balaban J connectivity index is 2.28. The first-order valence-corrected chi connectivity index (χ1v) is 4.55. The molecule has 4 heteroatoms. The molecule has 0 aliphatic carbocycles. The van der Waals surface area contributed by atoms with Gasteiger partial charge in [0.2, 0.25) is 0 Å². The Kier molecular flexibility index (Phi) is 2.21. The van der Waals surface area contributed by atoms with Crippen LogP contribution in [0.5, 0.6) is 0 Å². The van der Waals surface area contributed by atoms with Crippen molar-refractivity contribution in [3.63, 3.8) is 0 Å². The molecule has 0 amide bonds. The van der Waals surface area contributed by atoms with Gasteiger partial charge in [-0.2, -0.15) is 0 Å². The topological polar surface area (TPSA) is 54.5 Å². The van der Waals surface area contributed by atoms with Crippen LogP contribution in [-0.2, 0) is 6.42 Å². The van der Waals surface area contributed by atoms with Gasteiger partial charge in [-0.3, -0.25) is 0 Å². The van der Waals surface area contributed by atoms with E-state index in [1.807, 2.05) is 0 Å². The summed E-state index contributed by atoms with van der Waals surface area (Å²) in [7, 11) is 0. The number of unbranched alkanes of at least 4 members (excludes halogenated alkanes) is 1. The Hall–Kier alpha value is -1.45. The fourth-order valence-electron chi connectivity index (χ4n) is 1.26. The summed E-state index contributed by atoms with van der Waals surface area (Å²) in [6.45, 7) is 2.17. The molecule has 2 heterocycles. The van der Waals surface area contributed by atoms with Crippen LogP contribution in [0.1, 0.15) is 25.6 Å². The van der Waals surface area contributed by atoms with Gasteiger partial charge < -0.3 is 4.98 Å². The SMILES string of the molecule is CCCCc1nc2nccnc2[nH]1. The average molecular weight is 176 g/mol. The van der Waals surface area contributed by atoms with Crippen molar-refractivity contribution in [2.75, 3.05) is 0 Å². The third-order valence-corrected chi connectivity index (χ3v) is 1.95. The second-order valence-corrected chi connectivity index (χ2v) is 3.02. The standard InChI is InChI=1S/C9H12N4/c1-2-3-4-7-12-8-9(13-7)11-6-5-10-8/h5-6H,2-4H2,1H3,(H,10,11,12,13). The van der Waals surface area contributed by atoms with E-state index < -0.39 is 0 Å². The van der Waals surface area contributed by atoms with Crippen LogP contribution >= 0.6 is 0 Å². The summed E-state index contributed by atoms with van der Waals surface area (Å²) >= 11 is 0. The maximum absolute atomic E-state index is 4.32. The Morgan fingerprint density at radius 1 is 1.31 bits per heavy atom. The van der Waals surface area contributed by atoms with Crippen molar-refractivity contribution >= 4 is 11.3 Å². The minimum absolute atomic E-state index is 0.716. The van der Waals surface area contributed by atoms with Crippen LogP contribution in [0.4, 0.5) is 0 Å². The molecule has 2 aromatic heterocycles. The molecule has 0 atom stereocenters. The lowest BCUT2D eigenvalue weighted by molar-refractivity contribution is 0.764. The molecular formula is C9H12N4. The fraction of sp³-hybridized carbons (Fsp3) is 0.444. The summed E-state index contributed by atoms with van der Waals surface area (Å²) in [6, 6.07) is 0. The van der Waals surface area contributed by atoms with Gasteiger partial charge in [-0.1, -0.05) is 13.3 Å². The predicted molar refractivity (Wildman–Crippen MR) is 50.3 cm³/mol. The Labute approximate surface area is 76.4 Å². The van der Waals surface area contributed by atoms with E-state index in [9.17, 15) is 0 Å². The highest BCUT2D eigenvalue weighted by Gasteiger charge is 2.02. The zero-order chi connectivity index (χ0) is 9.10. The first-order valence-electron chi connectivity index (χ1n) is 4.55. The van der Waals surface area contributed by atoms with Gasteiger partial charge in [0.1, 0.15) is 5.82 Å². The first-order chi connectivity index (χ1) is 6.40. The van der Waals surface area contributed by atoms with Crippen LogP contribution in [0.15, 0.2) is 12.4 Å². The number of aromatic nitrogens is 4. The summed E-state index contributed by atoms with van der Waals surface area (Å²) in [5.41, 5.74) is 1.50. The number of aryl methyl sites for hydroxylation is 1. The monoisotopic (exact) mass is 176 g/mol. The lowest BCUT2D eigenvalue weighted by Crippen LogP contribution is -1.86. The van der Waals surface area contributed by atoms with Crippen molar-refractivity contribution in [2.24, 2.45) is 0 Å². The van der Waals surface area contributed by atoms with E-state index in [0.717, 1.165) is 24.3 Å². The third-order valence-electron chi connectivity index (χ3n) is 1.95. The summed E-state index contributed by atoms with van der Waals surface area (Å²) in [6.07, 6.45) is 6.64. The van der Waals surface area contributed by atoms with Gasteiger partial charge in [-0.15, -0.1) is 0 Å². The van der Waals surface area contributed by atoms with E-state index >= 15 is 0 Å². The Morgan fingerprint density at radius 3 is 2.92 bits per heavy atom.